The van der Waals surface area contributed by atoms with E-state index in [0.717, 1.165) is 57.8 Å². The van der Waals surface area contributed by atoms with Gasteiger partial charge < -0.3 is 25.2 Å². The maximum atomic E-state index is 12.6. The first-order valence-electron chi connectivity index (χ1n) is 22.6. The van der Waals surface area contributed by atoms with Gasteiger partial charge in [0.05, 0.1) is 13.2 Å². The minimum absolute atomic E-state index is 0.0311. The van der Waals surface area contributed by atoms with Gasteiger partial charge in [0.2, 0.25) is 0 Å². The molecular formula is C48H80NO10P. The minimum atomic E-state index is -4.74. The minimum Gasteiger partial charge on any atom is -0.480 e. The normalized spacial score (nSPS) is 14.5. The van der Waals surface area contributed by atoms with Crippen LogP contribution in [0.3, 0.4) is 0 Å². The largest absolute Gasteiger partial charge is 0.480 e. The molecule has 60 heavy (non-hydrogen) atoms. The summed E-state index contributed by atoms with van der Waals surface area (Å²) in [6.45, 7) is 2.60. The van der Waals surface area contributed by atoms with Crippen LogP contribution in [0, 0.1) is 0 Å². The monoisotopic (exact) mass is 862 g/mol. The lowest BCUT2D eigenvalue weighted by Crippen LogP contribution is -2.34. The van der Waals surface area contributed by atoms with Gasteiger partial charge in [-0.2, -0.15) is 0 Å². The molecule has 11 nitrogen and oxygen atoms in total. The van der Waals surface area contributed by atoms with E-state index < -0.39 is 51.1 Å². The number of phosphoric acid groups is 1. The Morgan fingerprint density at radius 1 is 0.533 bits per heavy atom. The Hall–Kier alpha value is -3.34. The van der Waals surface area contributed by atoms with Gasteiger partial charge in [-0.05, 0) is 77.0 Å². The third kappa shape index (κ3) is 41.4. The summed E-state index contributed by atoms with van der Waals surface area (Å²) in [5.41, 5.74) is 5.33. The quantitative estimate of drug-likeness (QED) is 0.0231. The molecule has 1 unspecified atom stereocenters. The number of hydrogen-bond acceptors (Lipinski definition) is 9. The van der Waals surface area contributed by atoms with Crippen molar-refractivity contribution < 1.29 is 47.5 Å². The maximum Gasteiger partial charge on any atom is 0.472 e. The van der Waals surface area contributed by atoms with Crippen LogP contribution in [0.25, 0.3) is 0 Å². The number of rotatable bonds is 41. The van der Waals surface area contributed by atoms with Crippen LogP contribution < -0.4 is 5.73 Å². The van der Waals surface area contributed by atoms with Crippen LogP contribution in [-0.4, -0.2) is 59.9 Å². The molecule has 0 rings (SSSR count). The molecule has 0 aliphatic rings. The highest BCUT2D eigenvalue weighted by Crippen LogP contribution is 2.43. The highest BCUT2D eigenvalue weighted by atomic mass is 31.2. The topological polar surface area (TPSA) is 172 Å². The summed E-state index contributed by atoms with van der Waals surface area (Å²) in [6.07, 6.45) is 52.3. The van der Waals surface area contributed by atoms with Crippen molar-refractivity contribution in [1.82, 2.24) is 0 Å². The SMILES string of the molecule is CC/C=C/C/C=C/C/C=C/C/C=C/C/C=C/C/C=C/CCC(=O)O[C@H](COC(=O)CCCCCCCCC/C=C/CCCCCCCC)COP(=O)(O)OC[C@H](N)C(=O)O. The highest BCUT2D eigenvalue weighted by Gasteiger charge is 2.28. The zero-order valence-corrected chi connectivity index (χ0v) is 37.9. The van der Waals surface area contributed by atoms with Crippen LogP contribution in [0.4, 0.5) is 0 Å². The van der Waals surface area contributed by atoms with Gasteiger partial charge >= 0.3 is 25.7 Å². The number of carbonyl (C=O) groups excluding carboxylic acids is 2. The summed E-state index contributed by atoms with van der Waals surface area (Å²) in [4.78, 5) is 46.0. The Bertz CT molecular complexity index is 1340. The Morgan fingerprint density at radius 3 is 1.47 bits per heavy atom. The molecule has 0 heterocycles. The van der Waals surface area contributed by atoms with E-state index >= 15 is 0 Å². The van der Waals surface area contributed by atoms with Crippen LogP contribution in [0.1, 0.15) is 168 Å². The van der Waals surface area contributed by atoms with E-state index in [-0.39, 0.29) is 19.4 Å². The average molecular weight is 862 g/mol. The number of nitrogens with two attached hydrogens (primary N) is 1. The molecular weight excluding hydrogens is 781 g/mol. The van der Waals surface area contributed by atoms with Crippen molar-refractivity contribution in [3.05, 3.63) is 85.1 Å². The summed E-state index contributed by atoms with van der Waals surface area (Å²) in [5, 5.41) is 8.90. The number of ether oxygens (including phenoxy) is 2. The van der Waals surface area contributed by atoms with Crippen molar-refractivity contribution >= 4 is 25.7 Å². The summed E-state index contributed by atoms with van der Waals surface area (Å²) in [7, 11) is -4.74. The third-order valence-electron chi connectivity index (χ3n) is 9.14. The Labute approximate surface area is 362 Å². The molecule has 0 aromatic carbocycles. The number of unbranched alkanes of at least 4 members (excludes halogenated alkanes) is 13. The van der Waals surface area contributed by atoms with Gasteiger partial charge in [-0.25, -0.2) is 4.57 Å². The van der Waals surface area contributed by atoms with Crippen LogP contribution in [0.2, 0.25) is 0 Å². The first kappa shape index (κ1) is 56.7. The van der Waals surface area contributed by atoms with Gasteiger partial charge in [-0.3, -0.25) is 23.4 Å². The molecule has 0 fully saturated rings. The molecule has 12 heteroatoms. The van der Waals surface area contributed by atoms with Gasteiger partial charge in [0, 0.05) is 12.8 Å². The van der Waals surface area contributed by atoms with Crippen molar-refractivity contribution in [3.8, 4) is 0 Å². The number of carbonyl (C=O) groups is 3. The van der Waals surface area contributed by atoms with E-state index in [1.54, 1.807) is 0 Å². The predicted molar refractivity (Wildman–Crippen MR) is 244 cm³/mol. The van der Waals surface area contributed by atoms with E-state index in [2.05, 4.69) is 85.2 Å². The summed E-state index contributed by atoms with van der Waals surface area (Å²) < 4.78 is 32.6. The zero-order valence-electron chi connectivity index (χ0n) is 37.0. The second-order valence-corrected chi connectivity index (χ2v) is 16.2. The predicted octanol–water partition coefficient (Wildman–Crippen LogP) is 12.3. The van der Waals surface area contributed by atoms with Crippen molar-refractivity contribution in [2.75, 3.05) is 19.8 Å². The smallest absolute Gasteiger partial charge is 0.472 e. The summed E-state index contributed by atoms with van der Waals surface area (Å²) >= 11 is 0. The van der Waals surface area contributed by atoms with E-state index in [1.807, 2.05) is 18.2 Å². The Morgan fingerprint density at radius 2 is 0.967 bits per heavy atom. The second kappa shape index (κ2) is 42.4. The fourth-order valence-electron chi connectivity index (χ4n) is 5.61. The summed E-state index contributed by atoms with van der Waals surface area (Å²) in [5.74, 6) is -2.50. The van der Waals surface area contributed by atoms with E-state index in [9.17, 15) is 23.8 Å². The standard InChI is InChI=1S/C48H80NO10P/c1-3-5-7-9-11-13-15-17-19-21-22-24-26-28-30-32-34-36-38-40-47(51)59-44(42-57-60(54,55)58-43-45(49)48(52)53)41-56-46(50)39-37-35-33-31-29-27-25-23-20-18-16-14-12-10-8-6-4-2/h5,7,11,13,17-20,22,24,28,30,34,36,44-45H,3-4,6,8-10,12,14-16,21,23,25-27,29,31-33,35,37-43,49H2,1-2H3,(H,52,53)(H,54,55)/b7-5+,13-11+,19-17+,20-18+,24-22+,30-28+,36-34+/t44-,45+/m1/s1. The molecule has 0 amide bonds. The molecule has 0 saturated carbocycles. The van der Waals surface area contributed by atoms with Gasteiger partial charge in [-0.15, -0.1) is 0 Å². The molecule has 3 atom stereocenters. The molecule has 0 saturated heterocycles. The van der Waals surface area contributed by atoms with E-state index in [4.69, 9.17) is 24.8 Å². The first-order chi connectivity index (χ1) is 29.1. The fourth-order valence-corrected chi connectivity index (χ4v) is 6.39. The molecule has 4 N–H and O–H groups in total. The van der Waals surface area contributed by atoms with Crippen molar-refractivity contribution in [1.29, 1.82) is 0 Å². The lowest BCUT2D eigenvalue weighted by atomic mass is 10.1. The van der Waals surface area contributed by atoms with Crippen LogP contribution in [0.5, 0.6) is 0 Å². The van der Waals surface area contributed by atoms with Crippen LogP contribution in [0.15, 0.2) is 85.1 Å². The van der Waals surface area contributed by atoms with E-state index in [1.165, 1.54) is 64.2 Å². The van der Waals surface area contributed by atoms with Crippen molar-refractivity contribution in [3.63, 3.8) is 0 Å². The number of carboxylic acids is 1. The fraction of sp³-hybridized carbons (Fsp3) is 0.646. The summed E-state index contributed by atoms with van der Waals surface area (Å²) in [6, 6.07) is -1.54. The maximum absolute atomic E-state index is 12.6. The van der Waals surface area contributed by atoms with Gasteiger partial charge in [-0.1, -0.05) is 163 Å². The lowest BCUT2D eigenvalue weighted by Gasteiger charge is -2.20. The van der Waals surface area contributed by atoms with Crippen molar-refractivity contribution in [2.24, 2.45) is 5.73 Å². The number of phosphoric ester groups is 1. The number of carboxylic acid groups (broad SMARTS) is 1. The van der Waals surface area contributed by atoms with E-state index in [0.29, 0.717) is 19.3 Å². The van der Waals surface area contributed by atoms with Crippen LogP contribution >= 0.6 is 7.82 Å². The third-order valence-corrected chi connectivity index (χ3v) is 10.1. The molecule has 0 aliphatic carbocycles. The molecule has 0 aliphatic heterocycles. The van der Waals surface area contributed by atoms with Crippen LogP contribution in [-0.2, 0) is 37.5 Å². The van der Waals surface area contributed by atoms with Crippen molar-refractivity contribution in [2.45, 2.75) is 180 Å². The number of hydrogen-bond donors (Lipinski definition) is 3. The number of esters is 2. The van der Waals surface area contributed by atoms with Gasteiger partial charge in [0.1, 0.15) is 12.6 Å². The molecule has 0 spiro atoms. The highest BCUT2D eigenvalue weighted by molar-refractivity contribution is 7.47. The first-order valence-corrected chi connectivity index (χ1v) is 24.1. The molecule has 0 aromatic heterocycles. The second-order valence-electron chi connectivity index (χ2n) is 14.8. The lowest BCUT2D eigenvalue weighted by molar-refractivity contribution is -0.161. The molecule has 0 radical (unpaired) electrons. The molecule has 0 bridgehead atoms. The Kier molecular flexibility index (Phi) is 40.0. The Balaban J connectivity index is 4.48. The van der Waals surface area contributed by atoms with Gasteiger partial charge in [0.15, 0.2) is 6.10 Å². The zero-order chi connectivity index (χ0) is 44.2. The molecule has 0 aromatic rings. The number of allylic oxidation sites excluding steroid dienone is 14. The molecule has 342 valence electrons. The number of aliphatic carboxylic acids is 1. The average Bonchev–Trinajstić information content (AvgIpc) is 3.22. The van der Waals surface area contributed by atoms with Gasteiger partial charge in [0.25, 0.3) is 0 Å².